The largest absolute Gasteiger partial charge is 0.356 e. The number of nitrogens with zero attached hydrogens (tertiary/aromatic N) is 4. The first-order chi connectivity index (χ1) is 13.1. The number of guanidine groups is 1. The Morgan fingerprint density at radius 1 is 1.41 bits per heavy atom. The van der Waals surface area contributed by atoms with Crippen LogP contribution in [0.3, 0.4) is 0 Å². The summed E-state index contributed by atoms with van der Waals surface area (Å²) < 4.78 is 3.20. The number of aryl methyl sites for hydroxylation is 2. The standard InChI is InChI=1S/C20H27BrN6/c1-3-17-25-18-8-7-16(12-27(18)26-17)24-19(22-2)23-13-20(9-10-20)14-5-4-6-15(21)11-14/h4-6,11,16H,3,7-10,12-13H2,1-2H3,(H2,22,23,24). The van der Waals surface area contributed by atoms with E-state index < -0.39 is 0 Å². The molecule has 1 atom stereocenters. The van der Waals surface area contributed by atoms with Crippen LogP contribution < -0.4 is 10.6 Å². The highest BCUT2D eigenvalue weighted by Crippen LogP contribution is 2.48. The van der Waals surface area contributed by atoms with Gasteiger partial charge in [0.1, 0.15) is 5.82 Å². The van der Waals surface area contributed by atoms with E-state index in [0.29, 0.717) is 6.04 Å². The summed E-state index contributed by atoms with van der Waals surface area (Å²) in [6.45, 7) is 3.85. The van der Waals surface area contributed by atoms with E-state index in [2.05, 4.69) is 77.5 Å². The average molecular weight is 431 g/mol. The zero-order chi connectivity index (χ0) is 18.9. The van der Waals surface area contributed by atoms with Gasteiger partial charge in [-0.1, -0.05) is 35.0 Å². The van der Waals surface area contributed by atoms with Crippen molar-refractivity contribution < 1.29 is 0 Å². The number of fused-ring (bicyclic) bond motifs is 1. The molecule has 4 rings (SSSR count). The van der Waals surface area contributed by atoms with Crippen molar-refractivity contribution in [2.24, 2.45) is 4.99 Å². The van der Waals surface area contributed by atoms with E-state index in [0.717, 1.165) is 54.4 Å². The highest BCUT2D eigenvalue weighted by molar-refractivity contribution is 9.10. The summed E-state index contributed by atoms with van der Waals surface area (Å²) in [5.74, 6) is 2.93. The van der Waals surface area contributed by atoms with Crippen molar-refractivity contribution in [2.75, 3.05) is 13.6 Å². The lowest BCUT2D eigenvalue weighted by Gasteiger charge is -2.26. The molecule has 7 heteroatoms. The number of aliphatic imine (C=N–C) groups is 1. The average Bonchev–Trinajstić information content (AvgIpc) is 3.36. The van der Waals surface area contributed by atoms with Gasteiger partial charge in [-0.25, -0.2) is 9.67 Å². The molecule has 2 N–H and O–H groups in total. The Kier molecular flexibility index (Phi) is 5.21. The second-order valence-corrected chi connectivity index (χ2v) is 8.49. The highest BCUT2D eigenvalue weighted by atomic mass is 79.9. The Balaban J connectivity index is 1.35. The molecule has 1 aromatic heterocycles. The maximum Gasteiger partial charge on any atom is 0.191 e. The first-order valence-electron chi connectivity index (χ1n) is 9.78. The van der Waals surface area contributed by atoms with Crippen LogP contribution in [0.2, 0.25) is 0 Å². The van der Waals surface area contributed by atoms with E-state index >= 15 is 0 Å². The topological polar surface area (TPSA) is 67.1 Å². The molecule has 2 heterocycles. The van der Waals surface area contributed by atoms with Crippen LogP contribution in [0.25, 0.3) is 0 Å². The van der Waals surface area contributed by atoms with E-state index in [1.165, 1.54) is 18.4 Å². The molecule has 27 heavy (non-hydrogen) atoms. The lowest BCUT2D eigenvalue weighted by atomic mass is 9.96. The van der Waals surface area contributed by atoms with E-state index in [-0.39, 0.29) is 5.41 Å². The summed E-state index contributed by atoms with van der Waals surface area (Å²) in [5, 5.41) is 11.7. The second-order valence-electron chi connectivity index (χ2n) is 7.58. The van der Waals surface area contributed by atoms with Crippen molar-refractivity contribution in [2.45, 2.75) is 57.0 Å². The van der Waals surface area contributed by atoms with Gasteiger partial charge >= 0.3 is 0 Å². The maximum absolute atomic E-state index is 4.60. The minimum Gasteiger partial charge on any atom is -0.356 e. The first-order valence-corrected chi connectivity index (χ1v) is 10.6. The van der Waals surface area contributed by atoms with Crippen molar-refractivity contribution in [1.82, 2.24) is 25.4 Å². The van der Waals surface area contributed by atoms with Gasteiger partial charge in [0.25, 0.3) is 0 Å². The van der Waals surface area contributed by atoms with Crippen molar-refractivity contribution in [3.05, 3.63) is 46.0 Å². The molecule has 0 spiro atoms. The van der Waals surface area contributed by atoms with Crippen LogP contribution in [0.1, 0.15) is 43.4 Å². The molecule has 6 nitrogen and oxygen atoms in total. The molecule has 0 bridgehead atoms. The number of hydrogen-bond donors (Lipinski definition) is 2. The summed E-state index contributed by atoms with van der Waals surface area (Å²) >= 11 is 3.59. The summed E-state index contributed by atoms with van der Waals surface area (Å²) in [7, 11) is 1.84. The molecule has 0 radical (unpaired) electrons. The van der Waals surface area contributed by atoms with Gasteiger partial charge in [-0.15, -0.1) is 0 Å². The van der Waals surface area contributed by atoms with Crippen LogP contribution in [-0.2, 0) is 24.8 Å². The predicted molar refractivity (Wildman–Crippen MR) is 111 cm³/mol. The van der Waals surface area contributed by atoms with Crippen molar-refractivity contribution in [3.8, 4) is 0 Å². The van der Waals surface area contributed by atoms with E-state index in [9.17, 15) is 0 Å². The smallest absolute Gasteiger partial charge is 0.191 e. The minimum atomic E-state index is 0.239. The number of hydrogen-bond acceptors (Lipinski definition) is 3. The third-order valence-electron chi connectivity index (χ3n) is 5.67. The molecular formula is C20H27BrN6. The van der Waals surface area contributed by atoms with Crippen molar-refractivity contribution in [1.29, 1.82) is 0 Å². The van der Waals surface area contributed by atoms with Crippen LogP contribution >= 0.6 is 15.9 Å². The van der Waals surface area contributed by atoms with Gasteiger partial charge in [0, 0.05) is 42.4 Å². The fourth-order valence-electron chi connectivity index (χ4n) is 3.81. The first kappa shape index (κ1) is 18.5. The molecule has 1 aromatic carbocycles. The Morgan fingerprint density at radius 2 is 2.26 bits per heavy atom. The molecule has 1 fully saturated rings. The fraction of sp³-hybridized carbons (Fsp3) is 0.550. The Morgan fingerprint density at radius 3 is 2.96 bits per heavy atom. The Labute approximate surface area is 169 Å². The lowest BCUT2D eigenvalue weighted by molar-refractivity contribution is 0.391. The molecule has 2 aliphatic rings. The monoisotopic (exact) mass is 430 g/mol. The molecular weight excluding hydrogens is 404 g/mol. The predicted octanol–water partition coefficient (Wildman–Crippen LogP) is 2.81. The molecule has 144 valence electrons. The Bertz CT molecular complexity index is 839. The number of halogens is 1. The number of benzene rings is 1. The van der Waals surface area contributed by atoms with Crippen molar-refractivity contribution >= 4 is 21.9 Å². The van der Waals surface area contributed by atoms with Gasteiger partial charge in [0.15, 0.2) is 11.8 Å². The maximum atomic E-state index is 4.60. The Hall–Kier alpha value is -1.89. The highest BCUT2D eigenvalue weighted by Gasteiger charge is 2.44. The number of aromatic nitrogens is 3. The summed E-state index contributed by atoms with van der Waals surface area (Å²) in [5.41, 5.74) is 1.64. The SMILES string of the molecule is CCc1nc2n(n1)CC(NC(=NC)NCC1(c3cccc(Br)c3)CC1)CC2. The van der Waals surface area contributed by atoms with E-state index in [4.69, 9.17) is 0 Å². The van der Waals surface area contributed by atoms with E-state index in [1.807, 2.05) is 7.05 Å². The minimum absolute atomic E-state index is 0.239. The fourth-order valence-corrected chi connectivity index (χ4v) is 4.21. The molecule has 1 aliphatic carbocycles. The van der Waals surface area contributed by atoms with Gasteiger partial charge in [-0.3, -0.25) is 4.99 Å². The van der Waals surface area contributed by atoms with Crippen molar-refractivity contribution in [3.63, 3.8) is 0 Å². The zero-order valence-corrected chi connectivity index (χ0v) is 17.6. The summed E-state index contributed by atoms with van der Waals surface area (Å²) in [6, 6.07) is 9.00. The molecule has 0 amide bonds. The molecule has 1 aliphatic heterocycles. The number of rotatable bonds is 5. The third-order valence-corrected chi connectivity index (χ3v) is 6.16. The van der Waals surface area contributed by atoms with Gasteiger partial charge in [0.2, 0.25) is 0 Å². The molecule has 1 unspecified atom stereocenters. The van der Waals surface area contributed by atoms with Crippen LogP contribution in [-0.4, -0.2) is 40.4 Å². The van der Waals surface area contributed by atoms with Crippen LogP contribution in [0.5, 0.6) is 0 Å². The van der Waals surface area contributed by atoms with Crippen LogP contribution in [0.4, 0.5) is 0 Å². The zero-order valence-electron chi connectivity index (χ0n) is 16.0. The lowest BCUT2D eigenvalue weighted by Crippen LogP contribution is -2.48. The summed E-state index contributed by atoms with van der Waals surface area (Å²) in [6.07, 6.45) is 5.35. The molecule has 2 aromatic rings. The molecule has 0 saturated heterocycles. The molecule has 1 saturated carbocycles. The van der Waals surface area contributed by atoms with Gasteiger partial charge in [-0.05, 0) is 37.0 Å². The van der Waals surface area contributed by atoms with Crippen LogP contribution in [0, 0.1) is 0 Å². The van der Waals surface area contributed by atoms with Gasteiger partial charge in [-0.2, -0.15) is 5.10 Å². The van der Waals surface area contributed by atoms with Crippen LogP contribution in [0.15, 0.2) is 33.7 Å². The quantitative estimate of drug-likeness (QED) is 0.565. The van der Waals surface area contributed by atoms with Gasteiger partial charge in [0.05, 0.1) is 6.54 Å². The summed E-state index contributed by atoms with van der Waals surface area (Å²) in [4.78, 5) is 9.04. The van der Waals surface area contributed by atoms with E-state index in [1.54, 1.807) is 0 Å². The third kappa shape index (κ3) is 4.03. The number of nitrogens with one attached hydrogen (secondary N) is 2. The second kappa shape index (κ2) is 7.62. The van der Waals surface area contributed by atoms with Gasteiger partial charge < -0.3 is 10.6 Å². The normalized spacial score (nSPS) is 20.9.